The van der Waals surface area contributed by atoms with Crippen molar-refractivity contribution in [3.05, 3.63) is 52.3 Å². The number of sulfonamides is 1. The van der Waals surface area contributed by atoms with Crippen molar-refractivity contribution in [1.29, 1.82) is 0 Å². The van der Waals surface area contributed by atoms with E-state index in [2.05, 4.69) is 10.0 Å². The van der Waals surface area contributed by atoms with Crippen molar-refractivity contribution in [1.82, 2.24) is 4.72 Å². The van der Waals surface area contributed by atoms with E-state index in [-0.39, 0.29) is 16.7 Å². The summed E-state index contributed by atoms with van der Waals surface area (Å²) in [6, 6.07) is 7.50. The van der Waals surface area contributed by atoms with Crippen LogP contribution in [0.5, 0.6) is 0 Å². The molecule has 0 aliphatic carbocycles. The molecule has 0 saturated heterocycles. The lowest BCUT2D eigenvalue weighted by atomic mass is 10.3. The molecule has 10 heteroatoms. The van der Waals surface area contributed by atoms with Crippen molar-refractivity contribution in [2.45, 2.75) is 24.8 Å². The summed E-state index contributed by atoms with van der Waals surface area (Å²) in [5, 5.41) is 13.0. The van der Waals surface area contributed by atoms with Gasteiger partial charge in [0.2, 0.25) is 10.0 Å². The summed E-state index contributed by atoms with van der Waals surface area (Å²) >= 11 is 0. The van der Waals surface area contributed by atoms with Gasteiger partial charge in [0.15, 0.2) is 5.76 Å². The minimum absolute atomic E-state index is 0.0582. The maximum Gasteiger partial charge on any atom is 0.433 e. The van der Waals surface area contributed by atoms with Crippen LogP contribution in [0.4, 0.5) is 11.6 Å². The topological polar surface area (TPSA) is 132 Å². The molecule has 2 aromatic rings. The van der Waals surface area contributed by atoms with Crippen LogP contribution < -0.4 is 10.0 Å². The largest absolute Gasteiger partial charge is 0.433 e. The third-order valence-corrected chi connectivity index (χ3v) is 4.48. The third-order valence-electron chi connectivity index (χ3n) is 2.81. The SMILES string of the molecule is CC(C)NS(=O)(=O)c1ccc(NC(=O)c2ccc([N+](=O)[O-])o2)cc1. The fourth-order valence-electron chi connectivity index (χ4n) is 1.84. The summed E-state index contributed by atoms with van der Waals surface area (Å²) in [6.45, 7) is 3.41. The highest BCUT2D eigenvalue weighted by molar-refractivity contribution is 7.89. The molecule has 2 rings (SSSR count). The number of hydrogen-bond donors (Lipinski definition) is 2. The van der Waals surface area contributed by atoms with Crippen LogP contribution in [0.2, 0.25) is 0 Å². The number of nitrogens with zero attached hydrogens (tertiary/aromatic N) is 1. The Bertz CT molecular complexity index is 855. The Hall–Kier alpha value is -2.72. The molecule has 0 aliphatic rings. The molecule has 9 nitrogen and oxygen atoms in total. The van der Waals surface area contributed by atoms with E-state index < -0.39 is 26.7 Å². The van der Waals surface area contributed by atoms with E-state index in [9.17, 15) is 23.3 Å². The number of carbonyl (C=O) groups excluding carboxylic acids is 1. The second kappa shape index (κ2) is 6.81. The molecule has 1 aromatic carbocycles. The normalized spacial score (nSPS) is 11.5. The molecule has 0 aliphatic heterocycles. The predicted octanol–water partition coefficient (Wildman–Crippen LogP) is 2.13. The molecule has 0 radical (unpaired) electrons. The van der Waals surface area contributed by atoms with Gasteiger partial charge in [-0.15, -0.1) is 0 Å². The van der Waals surface area contributed by atoms with Crippen LogP contribution in [0.25, 0.3) is 0 Å². The van der Waals surface area contributed by atoms with Crippen molar-refractivity contribution in [2.75, 3.05) is 5.32 Å². The lowest BCUT2D eigenvalue weighted by Gasteiger charge is -2.10. The van der Waals surface area contributed by atoms with Crippen molar-refractivity contribution in [3.63, 3.8) is 0 Å². The first kappa shape index (κ1) is 17.6. The molecule has 1 amide bonds. The van der Waals surface area contributed by atoms with Crippen LogP contribution in [0.1, 0.15) is 24.4 Å². The standard InChI is InChI=1S/C14H15N3O6S/c1-9(2)16-24(21,22)11-5-3-10(4-6-11)15-14(18)12-7-8-13(23-12)17(19)20/h3-9,16H,1-2H3,(H,15,18). The van der Waals surface area contributed by atoms with Crippen LogP contribution in [0.15, 0.2) is 45.7 Å². The highest BCUT2D eigenvalue weighted by Gasteiger charge is 2.18. The quantitative estimate of drug-likeness (QED) is 0.604. The van der Waals surface area contributed by atoms with Gasteiger partial charge in [0, 0.05) is 11.7 Å². The monoisotopic (exact) mass is 353 g/mol. The Balaban J connectivity index is 2.11. The lowest BCUT2D eigenvalue weighted by Crippen LogP contribution is -2.30. The molecule has 24 heavy (non-hydrogen) atoms. The number of furan rings is 1. The van der Waals surface area contributed by atoms with Gasteiger partial charge >= 0.3 is 5.88 Å². The van der Waals surface area contributed by atoms with Gasteiger partial charge in [0.1, 0.15) is 4.92 Å². The average Bonchev–Trinajstić information content (AvgIpc) is 2.96. The fourth-order valence-corrected chi connectivity index (χ4v) is 3.09. The average molecular weight is 353 g/mol. The lowest BCUT2D eigenvalue weighted by molar-refractivity contribution is -0.402. The van der Waals surface area contributed by atoms with Gasteiger partial charge in [0.05, 0.1) is 11.0 Å². The van der Waals surface area contributed by atoms with Crippen molar-refractivity contribution >= 4 is 27.5 Å². The van der Waals surface area contributed by atoms with E-state index in [1.54, 1.807) is 13.8 Å². The maximum atomic E-state index is 12.0. The van der Waals surface area contributed by atoms with Gasteiger partial charge < -0.3 is 9.73 Å². The third kappa shape index (κ3) is 4.18. The number of anilines is 1. The molecule has 0 atom stereocenters. The van der Waals surface area contributed by atoms with Gasteiger partial charge in [-0.1, -0.05) is 0 Å². The van der Waals surface area contributed by atoms with Crippen molar-refractivity contribution in [3.8, 4) is 0 Å². The summed E-state index contributed by atoms with van der Waals surface area (Å²) in [7, 11) is -3.62. The summed E-state index contributed by atoms with van der Waals surface area (Å²) in [4.78, 5) is 21.7. The molecule has 0 spiro atoms. The summed E-state index contributed by atoms with van der Waals surface area (Å²) in [5.74, 6) is -1.44. The van der Waals surface area contributed by atoms with E-state index in [0.717, 1.165) is 6.07 Å². The van der Waals surface area contributed by atoms with Crippen LogP contribution in [-0.2, 0) is 10.0 Å². The zero-order chi connectivity index (χ0) is 17.9. The summed E-state index contributed by atoms with van der Waals surface area (Å²) in [6.07, 6.45) is 0. The van der Waals surface area contributed by atoms with Crippen molar-refractivity contribution < 1.29 is 22.6 Å². The number of carbonyl (C=O) groups is 1. The highest BCUT2D eigenvalue weighted by Crippen LogP contribution is 2.18. The molecule has 128 valence electrons. The Morgan fingerprint density at radius 3 is 2.29 bits per heavy atom. The number of rotatable bonds is 6. The molecule has 1 heterocycles. The van der Waals surface area contributed by atoms with Crippen LogP contribution in [-0.4, -0.2) is 25.3 Å². The number of nitrogens with one attached hydrogen (secondary N) is 2. The number of benzene rings is 1. The molecule has 0 unspecified atom stereocenters. The smallest absolute Gasteiger partial charge is 0.395 e. The van der Waals surface area contributed by atoms with Gasteiger partial charge in [0.25, 0.3) is 5.91 Å². The summed E-state index contributed by atoms with van der Waals surface area (Å²) in [5.41, 5.74) is 0.322. The van der Waals surface area contributed by atoms with E-state index in [0.29, 0.717) is 5.69 Å². The van der Waals surface area contributed by atoms with E-state index >= 15 is 0 Å². The minimum atomic E-state index is -3.62. The first-order valence-electron chi connectivity index (χ1n) is 6.87. The van der Waals surface area contributed by atoms with E-state index in [1.807, 2.05) is 0 Å². The molecule has 0 fully saturated rings. The first-order valence-corrected chi connectivity index (χ1v) is 8.35. The Kier molecular flexibility index (Phi) is 5.00. The second-order valence-corrected chi connectivity index (χ2v) is 6.86. The highest BCUT2D eigenvalue weighted by atomic mass is 32.2. The fraction of sp³-hybridized carbons (Fsp3) is 0.214. The van der Waals surface area contributed by atoms with Gasteiger partial charge in [-0.25, -0.2) is 13.1 Å². The maximum absolute atomic E-state index is 12.0. The van der Waals surface area contributed by atoms with E-state index in [4.69, 9.17) is 4.42 Å². The molecular formula is C14H15N3O6S. The van der Waals surface area contributed by atoms with Crippen LogP contribution >= 0.6 is 0 Å². The molecule has 0 saturated carbocycles. The van der Waals surface area contributed by atoms with Gasteiger partial charge in [-0.2, -0.15) is 0 Å². The zero-order valence-corrected chi connectivity index (χ0v) is 13.7. The Morgan fingerprint density at radius 1 is 1.17 bits per heavy atom. The molecule has 0 bridgehead atoms. The molecule has 1 aromatic heterocycles. The predicted molar refractivity (Wildman–Crippen MR) is 85.2 cm³/mol. The minimum Gasteiger partial charge on any atom is -0.395 e. The number of hydrogen-bond acceptors (Lipinski definition) is 6. The number of nitro groups is 1. The molecular weight excluding hydrogens is 338 g/mol. The second-order valence-electron chi connectivity index (χ2n) is 5.15. The zero-order valence-electron chi connectivity index (χ0n) is 12.8. The van der Waals surface area contributed by atoms with Gasteiger partial charge in [-0.05, 0) is 44.2 Å². The Morgan fingerprint density at radius 2 is 1.79 bits per heavy atom. The van der Waals surface area contributed by atoms with E-state index in [1.165, 1.54) is 30.3 Å². The first-order chi connectivity index (χ1) is 11.2. The van der Waals surface area contributed by atoms with Crippen LogP contribution in [0.3, 0.4) is 0 Å². The van der Waals surface area contributed by atoms with Gasteiger partial charge in [-0.3, -0.25) is 14.9 Å². The summed E-state index contributed by atoms with van der Waals surface area (Å²) < 4.78 is 31.2. The molecule has 2 N–H and O–H groups in total. The van der Waals surface area contributed by atoms with Crippen LogP contribution in [0, 0.1) is 10.1 Å². The van der Waals surface area contributed by atoms with Crippen molar-refractivity contribution in [2.24, 2.45) is 0 Å². The number of amides is 1. The Labute approximate surface area is 137 Å².